The Balaban J connectivity index is 1.60. The number of anilines is 2. The first-order valence-corrected chi connectivity index (χ1v) is 12.0. The summed E-state index contributed by atoms with van der Waals surface area (Å²) in [6, 6.07) is 15.7. The summed E-state index contributed by atoms with van der Waals surface area (Å²) in [6.45, 7) is 2.21. The van der Waals surface area contributed by atoms with Crippen LogP contribution in [-0.2, 0) is 19.6 Å². The molecule has 0 radical (unpaired) electrons. The molecule has 0 aromatic heterocycles. The average molecular weight is 446 g/mol. The van der Waals surface area contributed by atoms with Crippen molar-refractivity contribution < 1.29 is 22.7 Å². The Kier molecular flexibility index (Phi) is 7.64. The molecule has 1 fully saturated rings. The molecule has 2 amide bonds. The van der Waals surface area contributed by atoms with Crippen LogP contribution >= 0.6 is 0 Å². The molecule has 3 rings (SSSR count). The van der Waals surface area contributed by atoms with E-state index in [1.807, 2.05) is 6.07 Å². The zero-order chi connectivity index (χ0) is 22.3. The number of hydrogen-bond donors (Lipinski definition) is 1. The summed E-state index contributed by atoms with van der Waals surface area (Å²) < 4.78 is 30.9. The number of carbonyl (C=O) groups excluding carboxylic acids is 2. The number of nitrogens with zero attached hydrogens (tertiary/aromatic N) is 2. The number of benzene rings is 2. The van der Waals surface area contributed by atoms with Crippen molar-refractivity contribution in [3.05, 3.63) is 60.2 Å². The second-order valence-electron chi connectivity index (χ2n) is 7.27. The minimum atomic E-state index is -3.46. The van der Waals surface area contributed by atoms with E-state index in [-0.39, 0.29) is 24.8 Å². The predicted molar refractivity (Wildman–Crippen MR) is 120 cm³/mol. The van der Waals surface area contributed by atoms with Gasteiger partial charge in [-0.1, -0.05) is 30.3 Å². The molecule has 1 heterocycles. The van der Waals surface area contributed by atoms with Crippen LogP contribution in [0.1, 0.15) is 23.2 Å². The minimum absolute atomic E-state index is 0.124. The quantitative estimate of drug-likeness (QED) is 0.673. The summed E-state index contributed by atoms with van der Waals surface area (Å²) >= 11 is 0. The molecule has 1 aliphatic heterocycles. The van der Waals surface area contributed by atoms with Gasteiger partial charge < -0.3 is 15.0 Å². The second-order valence-corrected chi connectivity index (χ2v) is 9.18. The second kappa shape index (κ2) is 10.4. The molecule has 0 bridgehead atoms. The number of para-hydroxylation sites is 2. The predicted octanol–water partition coefficient (Wildman–Crippen LogP) is 2.34. The Labute approximate surface area is 182 Å². The summed E-state index contributed by atoms with van der Waals surface area (Å²) in [5, 5.41) is 2.80. The Hall–Kier alpha value is -2.91. The number of rotatable bonds is 8. The van der Waals surface area contributed by atoms with Gasteiger partial charge in [-0.3, -0.25) is 13.9 Å². The number of morpholine rings is 1. The molecule has 2 aromatic carbocycles. The van der Waals surface area contributed by atoms with Gasteiger partial charge in [0, 0.05) is 26.1 Å². The van der Waals surface area contributed by atoms with Crippen molar-refractivity contribution in [1.29, 1.82) is 0 Å². The van der Waals surface area contributed by atoms with Crippen molar-refractivity contribution in [2.75, 3.05) is 48.7 Å². The first kappa shape index (κ1) is 22.8. The van der Waals surface area contributed by atoms with Gasteiger partial charge in [-0.2, -0.15) is 0 Å². The minimum Gasteiger partial charge on any atom is -0.378 e. The third-order valence-corrected chi connectivity index (χ3v) is 6.13. The molecule has 8 nitrogen and oxygen atoms in total. The molecule has 31 heavy (non-hydrogen) atoms. The molecule has 0 unspecified atom stereocenters. The lowest BCUT2D eigenvalue weighted by atomic mass is 10.1. The monoisotopic (exact) mass is 445 g/mol. The SMILES string of the molecule is CS(=O)(=O)N(CCCC(=O)Nc1ccccc1C(=O)N1CCOCC1)c1ccccc1. The lowest BCUT2D eigenvalue weighted by Crippen LogP contribution is -2.41. The van der Waals surface area contributed by atoms with E-state index in [4.69, 9.17) is 4.74 Å². The smallest absolute Gasteiger partial charge is 0.256 e. The molecule has 9 heteroatoms. The lowest BCUT2D eigenvalue weighted by Gasteiger charge is -2.27. The van der Waals surface area contributed by atoms with Crippen LogP contribution in [0.4, 0.5) is 11.4 Å². The molecule has 1 saturated heterocycles. The third-order valence-electron chi connectivity index (χ3n) is 4.94. The summed E-state index contributed by atoms with van der Waals surface area (Å²) in [5.41, 5.74) is 1.44. The maximum Gasteiger partial charge on any atom is 0.256 e. The summed E-state index contributed by atoms with van der Waals surface area (Å²) in [4.78, 5) is 27.0. The van der Waals surface area contributed by atoms with E-state index < -0.39 is 10.0 Å². The van der Waals surface area contributed by atoms with Gasteiger partial charge in [-0.15, -0.1) is 0 Å². The Morgan fingerprint density at radius 3 is 2.35 bits per heavy atom. The standard InChI is InChI=1S/C22H27N3O5S/c1-31(28,29)25(18-8-3-2-4-9-18)13-7-12-21(26)23-20-11-6-5-10-19(20)22(27)24-14-16-30-17-15-24/h2-6,8-11H,7,12-17H2,1H3,(H,23,26). The van der Waals surface area contributed by atoms with Crippen LogP contribution in [0.25, 0.3) is 0 Å². The zero-order valence-corrected chi connectivity index (χ0v) is 18.3. The van der Waals surface area contributed by atoms with Gasteiger partial charge >= 0.3 is 0 Å². The number of amides is 2. The number of ether oxygens (including phenoxy) is 1. The van der Waals surface area contributed by atoms with Crippen molar-refractivity contribution in [2.45, 2.75) is 12.8 Å². The van der Waals surface area contributed by atoms with Crippen molar-refractivity contribution in [3.63, 3.8) is 0 Å². The van der Waals surface area contributed by atoms with Gasteiger partial charge in [0.2, 0.25) is 15.9 Å². The molecular formula is C22H27N3O5S. The zero-order valence-electron chi connectivity index (χ0n) is 17.5. The maximum atomic E-state index is 12.8. The van der Waals surface area contributed by atoms with E-state index in [2.05, 4.69) is 5.32 Å². The van der Waals surface area contributed by atoms with E-state index in [1.54, 1.807) is 53.4 Å². The maximum absolute atomic E-state index is 12.8. The molecule has 0 saturated carbocycles. The number of sulfonamides is 1. The van der Waals surface area contributed by atoms with E-state index in [9.17, 15) is 18.0 Å². The van der Waals surface area contributed by atoms with Crippen molar-refractivity contribution >= 4 is 33.2 Å². The molecule has 2 aromatic rings. The van der Waals surface area contributed by atoms with Crippen LogP contribution in [0, 0.1) is 0 Å². The highest BCUT2D eigenvalue weighted by molar-refractivity contribution is 7.92. The summed E-state index contributed by atoms with van der Waals surface area (Å²) in [7, 11) is -3.46. The third kappa shape index (κ3) is 6.28. The highest BCUT2D eigenvalue weighted by Crippen LogP contribution is 2.20. The van der Waals surface area contributed by atoms with Crippen LogP contribution in [-0.4, -0.2) is 64.2 Å². The normalized spacial score (nSPS) is 14.2. The molecule has 0 aliphatic carbocycles. The Bertz CT molecular complexity index is 1000. The number of hydrogen-bond acceptors (Lipinski definition) is 5. The molecule has 166 valence electrons. The molecule has 1 aliphatic rings. The Morgan fingerprint density at radius 2 is 1.68 bits per heavy atom. The fourth-order valence-corrected chi connectivity index (χ4v) is 4.36. The fraction of sp³-hybridized carbons (Fsp3) is 0.364. The van der Waals surface area contributed by atoms with E-state index in [0.29, 0.717) is 49.7 Å². The van der Waals surface area contributed by atoms with E-state index in [1.165, 1.54) is 4.31 Å². The van der Waals surface area contributed by atoms with Crippen LogP contribution < -0.4 is 9.62 Å². The van der Waals surface area contributed by atoms with Crippen LogP contribution in [0.3, 0.4) is 0 Å². The van der Waals surface area contributed by atoms with Crippen LogP contribution in [0.2, 0.25) is 0 Å². The Morgan fingerprint density at radius 1 is 1.03 bits per heavy atom. The highest BCUT2D eigenvalue weighted by atomic mass is 32.2. The average Bonchev–Trinajstić information content (AvgIpc) is 2.77. The van der Waals surface area contributed by atoms with Crippen molar-refractivity contribution in [3.8, 4) is 0 Å². The van der Waals surface area contributed by atoms with Gasteiger partial charge in [-0.05, 0) is 30.7 Å². The lowest BCUT2D eigenvalue weighted by molar-refractivity contribution is -0.116. The van der Waals surface area contributed by atoms with Gasteiger partial charge in [0.25, 0.3) is 5.91 Å². The topological polar surface area (TPSA) is 96.0 Å². The molecule has 1 N–H and O–H groups in total. The van der Waals surface area contributed by atoms with Gasteiger partial charge in [0.05, 0.1) is 36.4 Å². The molecule has 0 atom stereocenters. The summed E-state index contributed by atoms with van der Waals surface area (Å²) in [5.74, 6) is -0.421. The van der Waals surface area contributed by atoms with Gasteiger partial charge in [-0.25, -0.2) is 8.42 Å². The van der Waals surface area contributed by atoms with Crippen molar-refractivity contribution in [1.82, 2.24) is 4.90 Å². The highest BCUT2D eigenvalue weighted by Gasteiger charge is 2.22. The largest absolute Gasteiger partial charge is 0.378 e. The fourth-order valence-electron chi connectivity index (χ4n) is 3.39. The first-order chi connectivity index (χ1) is 14.9. The number of nitrogens with one attached hydrogen (secondary N) is 1. The van der Waals surface area contributed by atoms with E-state index >= 15 is 0 Å². The number of carbonyl (C=O) groups is 2. The van der Waals surface area contributed by atoms with Gasteiger partial charge in [0.15, 0.2) is 0 Å². The van der Waals surface area contributed by atoms with Crippen molar-refractivity contribution in [2.24, 2.45) is 0 Å². The first-order valence-electron chi connectivity index (χ1n) is 10.1. The molecular weight excluding hydrogens is 418 g/mol. The van der Waals surface area contributed by atoms with Crippen LogP contribution in [0.5, 0.6) is 0 Å². The summed E-state index contributed by atoms with van der Waals surface area (Å²) in [6.07, 6.45) is 1.61. The molecule has 0 spiro atoms. The van der Waals surface area contributed by atoms with Gasteiger partial charge in [0.1, 0.15) is 0 Å². The van der Waals surface area contributed by atoms with E-state index in [0.717, 1.165) is 6.26 Å². The van der Waals surface area contributed by atoms with Crippen LogP contribution in [0.15, 0.2) is 54.6 Å².